The second kappa shape index (κ2) is 7.13. The SMILES string of the molecule is C=COCC(Nc1ncc(C#N)cn1)c1ccc(F)cc1F. The van der Waals surface area contributed by atoms with Crippen LogP contribution in [0.1, 0.15) is 17.2 Å². The molecule has 1 N–H and O–H groups in total. The normalized spacial score (nSPS) is 11.3. The summed E-state index contributed by atoms with van der Waals surface area (Å²) in [6, 6.07) is 4.51. The summed E-state index contributed by atoms with van der Waals surface area (Å²) in [6.45, 7) is 3.47. The number of nitrogens with zero attached hydrogens (tertiary/aromatic N) is 3. The Hall–Kier alpha value is -3.01. The fourth-order valence-corrected chi connectivity index (χ4v) is 1.77. The molecule has 0 aliphatic heterocycles. The summed E-state index contributed by atoms with van der Waals surface area (Å²) in [7, 11) is 0. The molecule has 112 valence electrons. The van der Waals surface area contributed by atoms with Crippen molar-refractivity contribution in [2.75, 3.05) is 11.9 Å². The number of hydrogen-bond acceptors (Lipinski definition) is 5. The topological polar surface area (TPSA) is 70.8 Å². The lowest BCUT2D eigenvalue weighted by atomic mass is 10.1. The van der Waals surface area contributed by atoms with Crippen LogP contribution in [0.5, 0.6) is 0 Å². The van der Waals surface area contributed by atoms with Gasteiger partial charge in [-0.05, 0) is 6.07 Å². The van der Waals surface area contributed by atoms with Crippen LogP contribution in [-0.4, -0.2) is 16.6 Å². The molecule has 1 unspecified atom stereocenters. The Morgan fingerprint density at radius 2 is 2.09 bits per heavy atom. The molecule has 1 heterocycles. The molecule has 2 aromatic rings. The van der Waals surface area contributed by atoms with E-state index in [9.17, 15) is 8.78 Å². The number of hydrogen-bond donors (Lipinski definition) is 1. The van der Waals surface area contributed by atoms with Crippen molar-refractivity contribution < 1.29 is 13.5 Å². The monoisotopic (exact) mass is 302 g/mol. The van der Waals surface area contributed by atoms with Crippen LogP contribution in [0.3, 0.4) is 0 Å². The zero-order chi connectivity index (χ0) is 15.9. The summed E-state index contributed by atoms with van der Waals surface area (Å²) in [4.78, 5) is 7.90. The maximum absolute atomic E-state index is 13.9. The number of rotatable bonds is 6. The molecule has 0 saturated carbocycles. The minimum absolute atomic E-state index is 0.0510. The van der Waals surface area contributed by atoms with E-state index in [1.165, 1.54) is 24.7 Å². The van der Waals surface area contributed by atoms with Gasteiger partial charge in [-0.1, -0.05) is 12.6 Å². The molecule has 0 fully saturated rings. The maximum Gasteiger partial charge on any atom is 0.223 e. The van der Waals surface area contributed by atoms with Crippen LogP contribution in [-0.2, 0) is 4.74 Å². The highest BCUT2D eigenvalue weighted by Gasteiger charge is 2.18. The fraction of sp³-hybridized carbons (Fsp3) is 0.133. The second-order valence-corrected chi connectivity index (χ2v) is 4.27. The number of benzene rings is 1. The van der Waals surface area contributed by atoms with E-state index in [0.29, 0.717) is 5.56 Å². The fourth-order valence-electron chi connectivity index (χ4n) is 1.77. The van der Waals surface area contributed by atoms with Crippen molar-refractivity contribution >= 4 is 5.95 Å². The maximum atomic E-state index is 13.9. The lowest BCUT2D eigenvalue weighted by molar-refractivity contribution is 0.233. The van der Waals surface area contributed by atoms with E-state index in [2.05, 4.69) is 21.9 Å². The molecule has 5 nitrogen and oxygen atoms in total. The van der Waals surface area contributed by atoms with Gasteiger partial charge in [0.2, 0.25) is 5.95 Å². The van der Waals surface area contributed by atoms with Crippen molar-refractivity contribution in [1.82, 2.24) is 9.97 Å². The first-order valence-electron chi connectivity index (χ1n) is 6.30. The van der Waals surface area contributed by atoms with Crippen LogP contribution in [0.2, 0.25) is 0 Å². The first-order chi connectivity index (χ1) is 10.6. The van der Waals surface area contributed by atoms with Gasteiger partial charge in [-0.3, -0.25) is 0 Å². The predicted octanol–water partition coefficient (Wildman–Crippen LogP) is 2.94. The first-order valence-corrected chi connectivity index (χ1v) is 6.30. The quantitative estimate of drug-likeness (QED) is 0.831. The van der Waals surface area contributed by atoms with Crippen LogP contribution in [0.25, 0.3) is 0 Å². The van der Waals surface area contributed by atoms with Crippen molar-refractivity contribution in [3.63, 3.8) is 0 Å². The van der Waals surface area contributed by atoms with Gasteiger partial charge in [0, 0.05) is 11.6 Å². The van der Waals surface area contributed by atoms with Gasteiger partial charge in [-0.15, -0.1) is 0 Å². The third kappa shape index (κ3) is 3.76. The number of ether oxygens (including phenoxy) is 1. The molecule has 2 rings (SSSR count). The van der Waals surface area contributed by atoms with Crippen LogP contribution >= 0.6 is 0 Å². The highest BCUT2D eigenvalue weighted by Crippen LogP contribution is 2.22. The van der Waals surface area contributed by atoms with Crippen molar-refractivity contribution in [1.29, 1.82) is 5.26 Å². The molecule has 1 atom stereocenters. The third-order valence-electron chi connectivity index (χ3n) is 2.80. The van der Waals surface area contributed by atoms with Gasteiger partial charge in [0.25, 0.3) is 0 Å². The average molecular weight is 302 g/mol. The zero-order valence-electron chi connectivity index (χ0n) is 11.5. The number of halogens is 2. The third-order valence-corrected chi connectivity index (χ3v) is 2.80. The summed E-state index contributed by atoms with van der Waals surface area (Å²) < 4.78 is 32.0. The molecule has 7 heteroatoms. The van der Waals surface area contributed by atoms with E-state index in [1.807, 2.05) is 6.07 Å². The number of nitrogens with one attached hydrogen (secondary N) is 1. The summed E-state index contributed by atoms with van der Waals surface area (Å²) in [5.74, 6) is -1.18. The van der Waals surface area contributed by atoms with Crippen LogP contribution in [0, 0.1) is 23.0 Å². The molecule has 22 heavy (non-hydrogen) atoms. The minimum atomic E-state index is -0.709. The van der Waals surface area contributed by atoms with Gasteiger partial charge in [0.1, 0.15) is 24.3 Å². The molecule has 0 bridgehead atoms. The molecule has 1 aromatic heterocycles. The van der Waals surface area contributed by atoms with E-state index in [1.54, 1.807) is 0 Å². The summed E-state index contributed by atoms with van der Waals surface area (Å²) in [5, 5.41) is 11.6. The number of aromatic nitrogens is 2. The molecular formula is C15H12F2N4O. The molecule has 0 radical (unpaired) electrons. The van der Waals surface area contributed by atoms with Crippen LogP contribution < -0.4 is 5.32 Å². The molecular weight excluding hydrogens is 290 g/mol. The van der Waals surface area contributed by atoms with Crippen molar-refractivity contribution in [2.45, 2.75) is 6.04 Å². The summed E-state index contributed by atoms with van der Waals surface area (Å²) in [6.07, 6.45) is 3.89. The first kappa shape index (κ1) is 15.4. The van der Waals surface area contributed by atoms with Gasteiger partial charge in [-0.2, -0.15) is 5.26 Å². The predicted molar refractivity (Wildman–Crippen MR) is 75.6 cm³/mol. The summed E-state index contributed by atoms with van der Waals surface area (Å²) >= 11 is 0. The minimum Gasteiger partial charge on any atom is -0.499 e. The molecule has 0 spiro atoms. The van der Waals surface area contributed by atoms with Crippen molar-refractivity contribution in [3.8, 4) is 6.07 Å². The van der Waals surface area contributed by atoms with Gasteiger partial charge < -0.3 is 10.1 Å². The van der Waals surface area contributed by atoms with E-state index < -0.39 is 17.7 Å². The highest BCUT2D eigenvalue weighted by atomic mass is 19.1. The lowest BCUT2D eigenvalue weighted by Crippen LogP contribution is -2.19. The van der Waals surface area contributed by atoms with Gasteiger partial charge in [0.15, 0.2) is 0 Å². The van der Waals surface area contributed by atoms with E-state index >= 15 is 0 Å². The van der Waals surface area contributed by atoms with Crippen LogP contribution in [0.4, 0.5) is 14.7 Å². The van der Waals surface area contributed by atoms with Gasteiger partial charge >= 0.3 is 0 Å². The Morgan fingerprint density at radius 1 is 1.36 bits per heavy atom. The average Bonchev–Trinajstić information content (AvgIpc) is 2.52. The van der Waals surface area contributed by atoms with E-state index in [-0.39, 0.29) is 18.1 Å². The molecule has 0 amide bonds. The van der Waals surface area contributed by atoms with Gasteiger partial charge in [0.05, 0.1) is 30.3 Å². The smallest absolute Gasteiger partial charge is 0.223 e. The largest absolute Gasteiger partial charge is 0.499 e. The summed E-state index contributed by atoms with van der Waals surface area (Å²) in [5.41, 5.74) is 0.508. The van der Waals surface area contributed by atoms with Crippen molar-refractivity contribution in [3.05, 3.63) is 66.2 Å². The van der Waals surface area contributed by atoms with E-state index in [4.69, 9.17) is 10.00 Å². The molecule has 1 aromatic carbocycles. The molecule has 0 aliphatic rings. The van der Waals surface area contributed by atoms with Crippen LogP contribution in [0.15, 0.2) is 43.4 Å². The zero-order valence-corrected chi connectivity index (χ0v) is 11.5. The van der Waals surface area contributed by atoms with E-state index in [0.717, 1.165) is 12.1 Å². The molecule has 0 aliphatic carbocycles. The second-order valence-electron chi connectivity index (χ2n) is 4.27. The Bertz CT molecular complexity index is 698. The Labute approximate surface area is 125 Å². The Morgan fingerprint density at radius 3 is 2.68 bits per heavy atom. The number of anilines is 1. The lowest BCUT2D eigenvalue weighted by Gasteiger charge is -2.19. The standard InChI is InChI=1S/C15H12F2N4O/c1-2-22-9-14(12-4-3-11(16)5-13(12)17)21-15-19-7-10(6-18)8-20-15/h2-5,7-8,14H,1,9H2,(H,19,20,21). The number of nitriles is 1. The Balaban J connectivity index is 2.25. The van der Waals surface area contributed by atoms with Gasteiger partial charge in [-0.25, -0.2) is 18.7 Å². The highest BCUT2D eigenvalue weighted by molar-refractivity contribution is 5.35. The Kier molecular flexibility index (Phi) is 4.98. The molecule has 0 saturated heterocycles. The van der Waals surface area contributed by atoms with Crippen molar-refractivity contribution in [2.24, 2.45) is 0 Å².